The quantitative estimate of drug-likeness (QED) is 0.0281. The Labute approximate surface area is 418 Å². The number of unbranched alkanes of at least 4 members (excludes halogenated alkanes) is 21. The zero-order valence-electron chi connectivity index (χ0n) is 44.5. The van der Waals surface area contributed by atoms with Crippen LogP contribution in [0.15, 0.2) is 85.1 Å². The predicted octanol–water partition coefficient (Wildman–Crippen LogP) is 16.4. The van der Waals surface area contributed by atoms with Crippen LogP contribution >= 0.6 is 0 Å². The number of allylic oxidation sites excluding steroid dienone is 14. The van der Waals surface area contributed by atoms with Gasteiger partial charge in [0.15, 0.2) is 12.1 Å². The molecule has 0 rings (SSSR count). The van der Waals surface area contributed by atoms with Crippen LogP contribution < -0.4 is 0 Å². The average Bonchev–Trinajstić information content (AvgIpc) is 3.30. The number of ether oxygens (including phenoxy) is 3. The van der Waals surface area contributed by atoms with Gasteiger partial charge in [-0.05, 0) is 89.9 Å². The largest absolute Gasteiger partial charge is 0.477 e. The van der Waals surface area contributed by atoms with Gasteiger partial charge in [0.2, 0.25) is 0 Å². The molecule has 1 N–H and O–H groups in total. The maximum Gasteiger partial charge on any atom is 0.362 e. The van der Waals surface area contributed by atoms with E-state index in [9.17, 15) is 19.5 Å². The molecular formula is C60H104NO7+. The van der Waals surface area contributed by atoms with Crippen LogP contribution in [-0.4, -0.2) is 80.6 Å². The maximum absolute atomic E-state index is 12.8. The second kappa shape index (κ2) is 49.9. The Morgan fingerprint density at radius 1 is 0.456 bits per heavy atom. The van der Waals surface area contributed by atoms with E-state index >= 15 is 0 Å². The van der Waals surface area contributed by atoms with Crippen molar-refractivity contribution in [1.82, 2.24) is 0 Å². The highest BCUT2D eigenvalue weighted by Gasteiger charge is 2.31. The first-order valence-corrected chi connectivity index (χ1v) is 27.6. The summed E-state index contributed by atoms with van der Waals surface area (Å²) < 4.78 is 17.3. The fourth-order valence-electron chi connectivity index (χ4n) is 7.80. The van der Waals surface area contributed by atoms with E-state index in [1.54, 1.807) is 0 Å². The lowest BCUT2D eigenvalue weighted by atomic mass is 10.0. The van der Waals surface area contributed by atoms with Crippen molar-refractivity contribution in [3.63, 3.8) is 0 Å². The number of hydrogen-bond donors (Lipinski definition) is 1. The second-order valence-corrected chi connectivity index (χ2v) is 19.5. The molecule has 0 aliphatic rings. The smallest absolute Gasteiger partial charge is 0.362 e. The summed E-state index contributed by atoms with van der Waals surface area (Å²) in [6.07, 6.45) is 66.5. The summed E-state index contributed by atoms with van der Waals surface area (Å²) in [7, 11) is 5.52. The highest BCUT2D eigenvalue weighted by molar-refractivity contribution is 5.72. The van der Waals surface area contributed by atoms with Gasteiger partial charge in [-0.1, -0.05) is 202 Å². The normalized spacial score (nSPS) is 13.5. The van der Waals surface area contributed by atoms with Crippen molar-refractivity contribution in [3.05, 3.63) is 85.1 Å². The highest BCUT2D eigenvalue weighted by Crippen LogP contribution is 2.15. The number of esters is 2. The summed E-state index contributed by atoms with van der Waals surface area (Å²) in [5, 5.41) is 9.67. The van der Waals surface area contributed by atoms with Gasteiger partial charge >= 0.3 is 17.9 Å². The van der Waals surface area contributed by atoms with Gasteiger partial charge < -0.3 is 23.8 Å². The van der Waals surface area contributed by atoms with Crippen LogP contribution in [0.5, 0.6) is 0 Å². The first kappa shape index (κ1) is 64.5. The summed E-state index contributed by atoms with van der Waals surface area (Å²) in [6.45, 7) is 4.59. The summed E-state index contributed by atoms with van der Waals surface area (Å²) in [6, 6.07) is -0.627. The number of nitrogens with zero attached hydrogens (tertiary/aromatic N) is 1. The zero-order chi connectivity index (χ0) is 49.9. The van der Waals surface area contributed by atoms with Crippen molar-refractivity contribution in [2.45, 2.75) is 238 Å². The Bertz CT molecular complexity index is 1380. The Balaban J connectivity index is 4.29. The highest BCUT2D eigenvalue weighted by atomic mass is 16.6. The molecule has 0 radical (unpaired) electrons. The number of rotatable bonds is 49. The molecule has 0 saturated carbocycles. The van der Waals surface area contributed by atoms with E-state index in [4.69, 9.17) is 14.2 Å². The summed E-state index contributed by atoms with van der Waals surface area (Å²) in [4.78, 5) is 37.2. The van der Waals surface area contributed by atoms with Crippen molar-refractivity contribution < 1.29 is 38.2 Å². The minimum atomic E-state index is -0.883. The fourth-order valence-corrected chi connectivity index (χ4v) is 7.80. The molecule has 0 aromatic heterocycles. The number of quaternary nitrogens is 1. The lowest BCUT2D eigenvalue weighted by Gasteiger charge is -2.31. The predicted molar refractivity (Wildman–Crippen MR) is 289 cm³/mol. The van der Waals surface area contributed by atoms with Crippen molar-refractivity contribution in [2.75, 3.05) is 41.0 Å². The molecule has 0 amide bonds. The molecule has 0 heterocycles. The monoisotopic (exact) mass is 951 g/mol. The van der Waals surface area contributed by atoms with Gasteiger partial charge in [0.1, 0.15) is 6.61 Å². The van der Waals surface area contributed by atoms with Crippen LogP contribution in [0.2, 0.25) is 0 Å². The third-order valence-corrected chi connectivity index (χ3v) is 12.0. The number of likely N-dealkylation sites (N-methyl/N-ethyl adjacent to an activating group) is 1. The van der Waals surface area contributed by atoms with Gasteiger partial charge in [-0.2, -0.15) is 0 Å². The van der Waals surface area contributed by atoms with E-state index in [-0.39, 0.29) is 36.2 Å². The van der Waals surface area contributed by atoms with E-state index in [0.29, 0.717) is 25.7 Å². The third kappa shape index (κ3) is 47.6. The van der Waals surface area contributed by atoms with Crippen LogP contribution in [0, 0.1) is 0 Å². The minimum absolute atomic E-state index is 0.0414. The van der Waals surface area contributed by atoms with E-state index in [1.807, 2.05) is 21.1 Å². The number of carbonyl (C=O) groups is 3. The molecule has 0 fully saturated rings. The molecule has 390 valence electrons. The van der Waals surface area contributed by atoms with Gasteiger partial charge in [-0.3, -0.25) is 9.59 Å². The lowest BCUT2D eigenvalue weighted by Crippen LogP contribution is -2.50. The van der Waals surface area contributed by atoms with Crippen LogP contribution in [0.4, 0.5) is 0 Å². The van der Waals surface area contributed by atoms with E-state index in [1.165, 1.54) is 116 Å². The summed E-state index contributed by atoms with van der Waals surface area (Å²) in [5.74, 6) is -1.53. The molecule has 8 nitrogen and oxygen atoms in total. The van der Waals surface area contributed by atoms with Crippen LogP contribution in [0.3, 0.4) is 0 Å². The van der Waals surface area contributed by atoms with Crippen LogP contribution in [0.25, 0.3) is 0 Å². The van der Waals surface area contributed by atoms with Gasteiger partial charge in [-0.25, -0.2) is 4.79 Å². The van der Waals surface area contributed by atoms with Crippen LogP contribution in [-0.2, 0) is 28.6 Å². The van der Waals surface area contributed by atoms with Crippen LogP contribution in [0.1, 0.15) is 226 Å². The van der Waals surface area contributed by atoms with E-state index < -0.39 is 18.1 Å². The van der Waals surface area contributed by atoms with E-state index in [0.717, 1.165) is 70.6 Å². The van der Waals surface area contributed by atoms with Crippen molar-refractivity contribution in [2.24, 2.45) is 0 Å². The fraction of sp³-hybridized carbons (Fsp3) is 0.717. The average molecular weight is 951 g/mol. The maximum atomic E-state index is 12.8. The molecule has 0 aliphatic heterocycles. The molecule has 0 spiro atoms. The zero-order valence-corrected chi connectivity index (χ0v) is 44.5. The molecular weight excluding hydrogens is 847 g/mol. The molecule has 2 unspecified atom stereocenters. The Kier molecular flexibility index (Phi) is 47.4. The lowest BCUT2D eigenvalue weighted by molar-refractivity contribution is -0.887. The molecule has 0 bridgehead atoms. The summed E-state index contributed by atoms with van der Waals surface area (Å²) >= 11 is 0. The molecule has 68 heavy (non-hydrogen) atoms. The van der Waals surface area contributed by atoms with E-state index in [2.05, 4.69) is 98.9 Å². The van der Waals surface area contributed by atoms with Gasteiger partial charge in [-0.15, -0.1) is 0 Å². The first-order valence-electron chi connectivity index (χ1n) is 27.6. The number of carboxylic acid groups (broad SMARTS) is 1. The number of aliphatic carboxylic acids is 1. The summed E-state index contributed by atoms with van der Waals surface area (Å²) in [5.41, 5.74) is 0. The number of carboxylic acids is 1. The molecule has 2 atom stereocenters. The topological polar surface area (TPSA) is 99.1 Å². The molecule has 0 aromatic carbocycles. The Hall–Kier alpha value is -3.49. The van der Waals surface area contributed by atoms with Gasteiger partial charge in [0, 0.05) is 19.3 Å². The molecule has 0 aliphatic carbocycles. The van der Waals surface area contributed by atoms with Crippen molar-refractivity contribution in [3.8, 4) is 0 Å². The molecule has 0 saturated heterocycles. The minimum Gasteiger partial charge on any atom is -0.477 e. The molecule has 0 aromatic rings. The SMILES string of the molecule is CC/C=C/C/C=C/C/C=C/C/C=C/C/C=C/C/C=C/CCCCC(=O)OCC(COCCC(C(=O)O)[N+](C)(C)C)OC(=O)CCCCCCCCC/C=C/CCCCCCCCCCCCCC. The second-order valence-electron chi connectivity index (χ2n) is 19.5. The van der Waals surface area contributed by atoms with Gasteiger partial charge in [0.25, 0.3) is 0 Å². The number of carbonyl (C=O) groups excluding carboxylic acids is 2. The van der Waals surface area contributed by atoms with Crippen molar-refractivity contribution >= 4 is 17.9 Å². The molecule has 8 heteroatoms. The first-order chi connectivity index (χ1) is 33.1. The Morgan fingerprint density at radius 3 is 1.26 bits per heavy atom. The third-order valence-electron chi connectivity index (χ3n) is 12.0. The Morgan fingerprint density at radius 2 is 0.824 bits per heavy atom. The number of hydrogen-bond acceptors (Lipinski definition) is 6. The standard InChI is InChI=1S/C60H103NO7/c1-6-8-10-12-14-16-18-20-22-24-26-28-29-31-33-35-37-39-41-43-45-47-49-51-59(63)68-56(54-66-53-52-57(60(64)65)61(3,4)5)55-67-58(62)50-48-46-44-42-40-38-36-34-32-30-27-25-23-21-19-17-15-13-11-9-7-2/h9,11,15,17,21,23,27,30-31,33-34,36,40,42,56-57H,6-8,10,12-14,16,18-20,22,24-26,28-29,32,35,37-39,41,43-55H2,1-5H3/p+1/b11-9+,17-15+,23-21+,30-27+,33-31+,36-34+,42-40+. The van der Waals surface area contributed by atoms with Crippen molar-refractivity contribution in [1.29, 1.82) is 0 Å². The van der Waals surface area contributed by atoms with Gasteiger partial charge in [0.05, 0.1) is 34.4 Å².